The average molecular weight is 442 g/mol. The van der Waals surface area contributed by atoms with Gasteiger partial charge in [0.15, 0.2) is 5.82 Å². The molecule has 0 unspecified atom stereocenters. The predicted molar refractivity (Wildman–Crippen MR) is 119 cm³/mol. The number of nitrogens with zero attached hydrogens (tertiary/aromatic N) is 5. The Morgan fingerprint density at radius 3 is 2.48 bits per heavy atom. The lowest BCUT2D eigenvalue weighted by molar-refractivity contribution is -0.385. The van der Waals surface area contributed by atoms with Gasteiger partial charge in [0, 0.05) is 24.1 Å². The summed E-state index contributed by atoms with van der Waals surface area (Å²) < 4.78 is 12.7. The van der Waals surface area contributed by atoms with Crippen LogP contribution in [0.4, 0.5) is 5.69 Å². The minimum atomic E-state index is -0.481. The minimum Gasteiger partial charge on any atom is -0.493 e. The highest BCUT2D eigenvalue weighted by Gasteiger charge is 2.20. The van der Waals surface area contributed by atoms with Gasteiger partial charge in [-0.2, -0.15) is 9.78 Å². The number of benzene rings is 2. The van der Waals surface area contributed by atoms with Crippen molar-refractivity contribution in [3.8, 4) is 11.5 Å². The monoisotopic (exact) mass is 441 g/mol. The summed E-state index contributed by atoms with van der Waals surface area (Å²) in [6, 6.07) is 12.8. The van der Waals surface area contributed by atoms with E-state index in [2.05, 4.69) is 15.3 Å². The number of thioether (sulfide) groups is 1. The van der Waals surface area contributed by atoms with Crippen molar-refractivity contribution in [2.75, 3.05) is 19.5 Å². The quantitative estimate of drug-likeness (QED) is 0.201. The summed E-state index contributed by atoms with van der Waals surface area (Å²) in [6.45, 7) is 4.31. The van der Waals surface area contributed by atoms with Crippen molar-refractivity contribution in [1.82, 2.24) is 14.9 Å². The molecule has 0 aliphatic rings. The van der Waals surface area contributed by atoms with E-state index in [1.807, 2.05) is 43.5 Å². The molecule has 0 aliphatic carbocycles. The van der Waals surface area contributed by atoms with E-state index in [4.69, 9.17) is 9.47 Å². The zero-order valence-corrected chi connectivity index (χ0v) is 18.3. The first-order chi connectivity index (χ1) is 15.1. The lowest BCUT2D eigenvalue weighted by Gasteiger charge is -2.11. The molecular weight excluding hydrogens is 418 g/mol. The van der Waals surface area contributed by atoms with E-state index >= 15 is 0 Å². The molecule has 31 heavy (non-hydrogen) atoms. The van der Waals surface area contributed by atoms with E-state index in [9.17, 15) is 10.1 Å². The van der Waals surface area contributed by atoms with Gasteiger partial charge in [-0.25, -0.2) is 0 Å². The van der Waals surface area contributed by atoms with Gasteiger partial charge in [0.2, 0.25) is 10.9 Å². The number of nitro benzene ring substituents is 1. The third-order valence-electron chi connectivity index (χ3n) is 4.26. The average Bonchev–Trinajstić information content (AvgIpc) is 3.15. The van der Waals surface area contributed by atoms with Crippen molar-refractivity contribution >= 4 is 23.7 Å². The summed E-state index contributed by atoms with van der Waals surface area (Å²) in [6.07, 6.45) is 3.95. The molecule has 0 fully saturated rings. The largest absolute Gasteiger partial charge is 0.493 e. The van der Waals surface area contributed by atoms with Crippen molar-refractivity contribution in [3.05, 3.63) is 69.5 Å². The van der Waals surface area contributed by atoms with Crippen LogP contribution in [-0.4, -0.2) is 45.5 Å². The van der Waals surface area contributed by atoms with Gasteiger partial charge in [0.05, 0.1) is 24.4 Å². The Hall–Kier alpha value is -3.40. The van der Waals surface area contributed by atoms with Crippen LogP contribution in [0.25, 0.3) is 0 Å². The molecule has 0 saturated heterocycles. The molecule has 0 bridgehead atoms. The van der Waals surface area contributed by atoms with E-state index in [1.165, 1.54) is 30.1 Å². The summed E-state index contributed by atoms with van der Waals surface area (Å²) in [5, 5.41) is 25.1. The summed E-state index contributed by atoms with van der Waals surface area (Å²) in [7, 11) is 0. The molecule has 1 heterocycles. The van der Waals surface area contributed by atoms with Crippen molar-refractivity contribution < 1.29 is 14.4 Å². The predicted octanol–water partition coefficient (Wildman–Crippen LogP) is 4.18. The molecule has 0 aliphatic heterocycles. The van der Waals surface area contributed by atoms with E-state index in [0.717, 1.165) is 5.56 Å². The third kappa shape index (κ3) is 5.40. The van der Waals surface area contributed by atoms with E-state index in [-0.39, 0.29) is 11.4 Å². The molecule has 162 valence electrons. The molecular formula is C21H23N5O4S. The van der Waals surface area contributed by atoms with Gasteiger partial charge in [-0.05, 0) is 25.7 Å². The molecule has 3 rings (SSSR count). The second-order valence-electron chi connectivity index (χ2n) is 6.30. The maximum absolute atomic E-state index is 11.5. The highest BCUT2D eigenvalue weighted by Crippen LogP contribution is 2.34. The van der Waals surface area contributed by atoms with Crippen LogP contribution in [0.15, 0.2) is 52.7 Å². The summed E-state index contributed by atoms with van der Waals surface area (Å²) in [4.78, 5) is 11.0. The number of rotatable bonds is 10. The van der Waals surface area contributed by atoms with Gasteiger partial charge < -0.3 is 9.47 Å². The van der Waals surface area contributed by atoms with Crippen LogP contribution in [-0.2, 0) is 6.42 Å². The standard InChI is InChI=1S/C21H23N5O4S/c1-4-29-18-13-19(30-5-2)17(26(27)28)12-16(18)14-22-25-20(23-24-21(25)31-3)11-15-9-7-6-8-10-15/h6-10,12-14H,4-5,11H2,1-3H3/b22-14-. The fraction of sp³-hybridized carbons (Fsp3) is 0.286. The first kappa shape index (κ1) is 22.3. The van der Waals surface area contributed by atoms with E-state index in [0.29, 0.717) is 41.9 Å². The van der Waals surface area contributed by atoms with Crippen LogP contribution in [0.3, 0.4) is 0 Å². The summed E-state index contributed by atoms with van der Waals surface area (Å²) in [5.74, 6) is 1.26. The Bertz CT molecular complexity index is 1070. The smallest absolute Gasteiger partial charge is 0.311 e. The Morgan fingerprint density at radius 2 is 1.84 bits per heavy atom. The molecule has 0 amide bonds. The van der Waals surface area contributed by atoms with Crippen molar-refractivity contribution in [2.45, 2.75) is 25.4 Å². The molecule has 3 aromatic rings. The SMILES string of the molecule is CCOc1cc(OCC)c([N+](=O)[O-])cc1/C=N\n1c(Cc2ccccc2)nnc1SC. The fourth-order valence-electron chi connectivity index (χ4n) is 2.91. The second kappa shape index (κ2) is 10.6. The van der Waals surface area contributed by atoms with Gasteiger partial charge in [-0.1, -0.05) is 42.1 Å². The molecule has 9 nitrogen and oxygen atoms in total. The highest BCUT2D eigenvalue weighted by atomic mass is 32.2. The van der Waals surface area contributed by atoms with Gasteiger partial charge in [-0.3, -0.25) is 10.1 Å². The highest BCUT2D eigenvalue weighted by molar-refractivity contribution is 7.98. The van der Waals surface area contributed by atoms with Crippen LogP contribution >= 0.6 is 11.8 Å². The van der Waals surface area contributed by atoms with Crippen molar-refractivity contribution in [2.24, 2.45) is 5.10 Å². The number of nitro groups is 1. The van der Waals surface area contributed by atoms with E-state index < -0.39 is 4.92 Å². The van der Waals surface area contributed by atoms with Crippen LogP contribution in [0.1, 0.15) is 30.8 Å². The molecule has 0 radical (unpaired) electrons. The Labute approximate surface area is 184 Å². The lowest BCUT2D eigenvalue weighted by Crippen LogP contribution is -2.04. The molecule has 10 heteroatoms. The maximum atomic E-state index is 11.5. The van der Waals surface area contributed by atoms with E-state index in [1.54, 1.807) is 11.6 Å². The lowest BCUT2D eigenvalue weighted by atomic mass is 10.1. The van der Waals surface area contributed by atoms with Crippen LogP contribution in [0.2, 0.25) is 0 Å². The Morgan fingerprint density at radius 1 is 1.13 bits per heavy atom. The molecule has 0 atom stereocenters. The number of aromatic nitrogens is 3. The van der Waals surface area contributed by atoms with Gasteiger partial charge >= 0.3 is 5.69 Å². The number of ether oxygens (including phenoxy) is 2. The molecule has 1 aromatic heterocycles. The topological polar surface area (TPSA) is 105 Å². The molecule has 0 spiro atoms. The third-order valence-corrected chi connectivity index (χ3v) is 4.88. The summed E-state index contributed by atoms with van der Waals surface area (Å²) in [5.41, 5.74) is 1.39. The van der Waals surface area contributed by atoms with Crippen LogP contribution in [0, 0.1) is 10.1 Å². The maximum Gasteiger partial charge on any atom is 0.311 e. The second-order valence-corrected chi connectivity index (χ2v) is 7.08. The number of hydrogen-bond acceptors (Lipinski definition) is 8. The van der Waals surface area contributed by atoms with Crippen molar-refractivity contribution in [3.63, 3.8) is 0 Å². The van der Waals surface area contributed by atoms with Gasteiger partial charge in [0.1, 0.15) is 5.75 Å². The van der Waals surface area contributed by atoms with Gasteiger partial charge in [-0.15, -0.1) is 10.2 Å². The molecule has 0 saturated carbocycles. The molecule has 0 N–H and O–H groups in total. The zero-order valence-electron chi connectivity index (χ0n) is 17.5. The normalized spacial score (nSPS) is 11.1. The Balaban J connectivity index is 2.01. The first-order valence-electron chi connectivity index (χ1n) is 9.71. The van der Waals surface area contributed by atoms with Gasteiger partial charge in [0.25, 0.3) is 0 Å². The Kier molecular flexibility index (Phi) is 7.60. The summed E-state index contributed by atoms with van der Waals surface area (Å²) >= 11 is 1.41. The molecule has 2 aromatic carbocycles. The number of hydrogen-bond donors (Lipinski definition) is 0. The minimum absolute atomic E-state index is 0.148. The van der Waals surface area contributed by atoms with Crippen LogP contribution < -0.4 is 9.47 Å². The zero-order chi connectivity index (χ0) is 22.2. The van der Waals surface area contributed by atoms with Crippen molar-refractivity contribution in [1.29, 1.82) is 0 Å². The fourth-order valence-corrected chi connectivity index (χ4v) is 3.36. The van der Waals surface area contributed by atoms with Crippen LogP contribution in [0.5, 0.6) is 11.5 Å². The first-order valence-corrected chi connectivity index (χ1v) is 10.9.